The highest BCUT2D eigenvalue weighted by Gasteiger charge is 2.48. The predicted molar refractivity (Wildman–Crippen MR) is 329 cm³/mol. The minimum Gasteiger partial charge on any atom is -0.333 e. The van der Waals surface area contributed by atoms with Gasteiger partial charge in [-0.1, -0.05) is 239 Å². The second-order valence-electron chi connectivity index (χ2n) is 21.8. The summed E-state index contributed by atoms with van der Waals surface area (Å²) < 4.78 is 0. The number of hydrogen-bond donors (Lipinski definition) is 0. The van der Waals surface area contributed by atoms with Crippen molar-refractivity contribution in [1.82, 2.24) is 0 Å². The molecule has 0 fully saturated rings. The molecule has 4 aliphatic carbocycles. The average Bonchev–Trinajstić information content (AvgIpc) is 4.14. The largest absolute Gasteiger partial charge is 0.333 e. The maximum Gasteiger partial charge on any atom is 0.0677 e. The van der Waals surface area contributed by atoms with E-state index in [0.29, 0.717) is 0 Å². The maximum atomic E-state index is 4.33. The Morgan fingerprint density at radius 1 is 0.538 bits per heavy atom. The molecule has 9 aromatic carbocycles. The molecule has 1 heterocycles. The number of rotatable bonds is 11. The fraction of sp³-hybridized carbons (Fsp3) is 0.105. The van der Waals surface area contributed by atoms with Crippen LogP contribution in [-0.2, 0) is 10.8 Å². The second-order valence-corrected chi connectivity index (χ2v) is 21.8. The summed E-state index contributed by atoms with van der Waals surface area (Å²) in [6, 6.07) is 81.4. The van der Waals surface area contributed by atoms with Crippen molar-refractivity contribution in [1.29, 1.82) is 0 Å². The summed E-state index contributed by atoms with van der Waals surface area (Å²) >= 11 is 0. The van der Waals surface area contributed by atoms with Crippen LogP contribution in [0.5, 0.6) is 0 Å². The summed E-state index contributed by atoms with van der Waals surface area (Å²) in [5.74, 6) is 0. The van der Waals surface area contributed by atoms with Crippen molar-refractivity contribution >= 4 is 28.3 Å². The van der Waals surface area contributed by atoms with Gasteiger partial charge in [-0.05, 0) is 157 Å². The number of nitrogens with zero attached hydrogens (tertiary/aromatic N) is 2. The van der Waals surface area contributed by atoms with Gasteiger partial charge in [-0.15, -0.1) is 0 Å². The molecule has 2 unspecified atom stereocenters. The lowest BCUT2D eigenvalue weighted by Gasteiger charge is -2.37. The van der Waals surface area contributed by atoms with E-state index in [-0.39, 0.29) is 11.5 Å². The van der Waals surface area contributed by atoms with E-state index in [0.717, 1.165) is 47.6 Å². The number of fused-ring (bicyclic) bond motifs is 7. The van der Waals surface area contributed by atoms with Crippen molar-refractivity contribution in [2.24, 2.45) is 0 Å². The van der Waals surface area contributed by atoms with Crippen LogP contribution in [0, 0.1) is 0 Å². The zero-order valence-corrected chi connectivity index (χ0v) is 44.3. The third-order valence-electron chi connectivity index (χ3n) is 17.5. The first-order valence-corrected chi connectivity index (χ1v) is 27.6. The topological polar surface area (TPSA) is 6.48 Å². The van der Waals surface area contributed by atoms with Gasteiger partial charge in [-0.3, -0.25) is 0 Å². The zero-order chi connectivity index (χ0) is 52.5. The molecule has 78 heavy (non-hydrogen) atoms. The van der Waals surface area contributed by atoms with E-state index in [1.807, 2.05) is 12.2 Å². The normalized spacial score (nSPS) is 18.2. The molecule has 2 heteroatoms. The molecular weight excluding hydrogens is 941 g/mol. The minimum absolute atomic E-state index is 0.165. The van der Waals surface area contributed by atoms with Gasteiger partial charge in [0.05, 0.1) is 17.1 Å². The first kappa shape index (κ1) is 47.2. The van der Waals surface area contributed by atoms with Crippen LogP contribution in [0.15, 0.2) is 296 Å². The summed E-state index contributed by atoms with van der Waals surface area (Å²) in [5.41, 5.74) is 28.1. The Bertz CT molecular complexity index is 4030. The molecule has 0 amide bonds. The van der Waals surface area contributed by atoms with Crippen LogP contribution in [-0.4, -0.2) is 6.04 Å². The van der Waals surface area contributed by atoms with Crippen LogP contribution >= 0.6 is 0 Å². The van der Waals surface area contributed by atoms with Crippen LogP contribution in [0.4, 0.5) is 22.7 Å². The summed E-state index contributed by atoms with van der Waals surface area (Å²) in [7, 11) is 0. The predicted octanol–water partition coefficient (Wildman–Crippen LogP) is 19.6. The number of allylic oxidation sites excluding steroid dienone is 8. The number of hydrogen-bond acceptors (Lipinski definition) is 2. The molecule has 2 atom stereocenters. The van der Waals surface area contributed by atoms with Crippen LogP contribution in [0.25, 0.3) is 50.1 Å². The lowest BCUT2D eigenvalue weighted by molar-refractivity contribution is 0.662. The van der Waals surface area contributed by atoms with Crippen molar-refractivity contribution in [2.75, 3.05) is 9.80 Å². The zero-order valence-electron chi connectivity index (χ0n) is 44.3. The van der Waals surface area contributed by atoms with Crippen LogP contribution < -0.4 is 9.80 Å². The molecule has 1 aliphatic heterocycles. The molecule has 9 aromatic rings. The highest BCUT2D eigenvalue weighted by molar-refractivity contribution is 6.00. The van der Waals surface area contributed by atoms with Crippen molar-refractivity contribution in [2.45, 2.75) is 50.0 Å². The molecule has 0 N–H and O–H groups in total. The van der Waals surface area contributed by atoms with Crippen LogP contribution in [0.2, 0.25) is 0 Å². The van der Waals surface area contributed by atoms with E-state index < -0.39 is 5.41 Å². The number of benzene rings is 9. The van der Waals surface area contributed by atoms with Crippen molar-refractivity contribution in [3.8, 4) is 44.5 Å². The highest BCUT2D eigenvalue weighted by Crippen LogP contribution is 2.61. The average molecular weight is 1000 g/mol. The first-order valence-electron chi connectivity index (χ1n) is 27.6. The van der Waals surface area contributed by atoms with E-state index in [2.05, 4.69) is 286 Å². The standard InChI is InChI=1S/C76H60N2/c1-5-60-65-50-54(42-49-70(65)78(69(60)6-2)57-30-17-10-18-31-57)61-47-48-62(74-72(61)63-32-19-21-34-66(63)75(74,3)4)53-40-45-59(46-41-53)77(58-43-38-52(39-44-58)51-24-11-7-12-25-51)71-37-23-36-68-73(71)64-33-20-22-35-67(64)76(68,55-26-13-8-14-27-55)56-28-15-9-16-29-56/h5-15,17-28,30-48,50,70H,1-2,16,29,49H2,3-4H3. The van der Waals surface area contributed by atoms with Gasteiger partial charge < -0.3 is 9.80 Å². The fourth-order valence-electron chi connectivity index (χ4n) is 14.1. The molecule has 0 aromatic heterocycles. The highest BCUT2D eigenvalue weighted by atomic mass is 15.2. The molecule has 14 rings (SSSR count). The van der Waals surface area contributed by atoms with Crippen molar-refractivity contribution in [3.63, 3.8) is 0 Å². The van der Waals surface area contributed by atoms with E-state index >= 15 is 0 Å². The van der Waals surface area contributed by atoms with E-state index in [1.165, 1.54) is 100 Å². The summed E-state index contributed by atoms with van der Waals surface area (Å²) in [6.07, 6.45) is 18.8. The molecular formula is C76H60N2. The van der Waals surface area contributed by atoms with E-state index in [4.69, 9.17) is 0 Å². The van der Waals surface area contributed by atoms with E-state index in [1.54, 1.807) is 0 Å². The lowest BCUT2D eigenvalue weighted by Crippen LogP contribution is -2.31. The minimum atomic E-state index is -0.442. The van der Waals surface area contributed by atoms with Gasteiger partial charge in [0.15, 0.2) is 0 Å². The smallest absolute Gasteiger partial charge is 0.0677 e. The van der Waals surface area contributed by atoms with Gasteiger partial charge in [0.25, 0.3) is 0 Å². The molecule has 5 aliphatic rings. The molecule has 0 saturated carbocycles. The Labute approximate surface area is 460 Å². The molecule has 0 radical (unpaired) electrons. The first-order chi connectivity index (χ1) is 38.4. The van der Waals surface area contributed by atoms with E-state index in [9.17, 15) is 0 Å². The van der Waals surface area contributed by atoms with Gasteiger partial charge in [-0.2, -0.15) is 0 Å². The quantitative estimate of drug-likeness (QED) is 0.127. The van der Waals surface area contributed by atoms with Crippen molar-refractivity contribution < 1.29 is 0 Å². The summed E-state index contributed by atoms with van der Waals surface area (Å²) in [5, 5.41) is 0. The summed E-state index contributed by atoms with van der Waals surface area (Å²) in [4.78, 5) is 4.94. The van der Waals surface area contributed by atoms with Crippen molar-refractivity contribution in [3.05, 3.63) is 330 Å². The van der Waals surface area contributed by atoms with Gasteiger partial charge in [0, 0.05) is 39.3 Å². The molecule has 374 valence electrons. The van der Waals surface area contributed by atoms with Gasteiger partial charge in [0.2, 0.25) is 0 Å². The molecule has 0 bridgehead atoms. The lowest BCUT2D eigenvalue weighted by atomic mass is 9.65. The second kappa shape index (κ2) is 18.8. The Balaban J connectivity index is 0.921. The number of para-hydroxylation sites is 1. The Kier molecular flexibility index (Phi) is 11.4. The SMILES string of the molecule is C=CC1=C(C=C)N(c2ccccc2)C2CC=C(c3ccc(-c4ccc(N(c5ccc(-c6ccccc6)cc5)c5cccc6c5-c5ccccc5C6(C5=CC=CCC5)c5ccccc5)cc4)c4c3-c3ccccc3C4(C)C)C=C12. The number of anilines is 4. The Morgan fingerprint density at radius 2 is 1.14 bits per heavy atom. The van der Waals surface area contributed by atoms with Gasteiger partial charge in [0.1, 0.15) is 0 Å². The fourth-order valence-corrected chi connectivity index (χ4v) is 14.1. The summed E-state index contributed by atoms with van der Waals surface area (Å²) in [6.45, 7) is 13.5. The van der Waals surface area contributed by atoms with Gasteiger partial charge >= 0.3 is 0 Å². The molecule has 0 spiro atoms. The third kappa shape index (κ3) is 7.16. The van der Waals surface area contributed by atoms with Crippen LogP contribution in [0.1, 0.15) is 66.5 Å². The molecule has 0 saturated heterocycles. The Morgan fingerprint density at radius 3 is 1.82 bits per heavy atom. The third-order valence-corrected chi connectivity index (χ3v) is 17.5. The Hall–Kier alpha value is -9.24. The monoisotopic (exact) mass is 1000 g/mol. The maximum absolute atomic E-state index is 4.33. The van der Waals surface area contributed by atoms with Crippen LogP contribution in [0.3, 0.4) is 0 Å². The van der Waals surface area contributed by atoms with Gasteiger partial charge in [-0.25, -0.2) is 0 Å². The molecule has 2 nitrogen and oxygen atoms in total.